The van der Waals surface area contributed by atoms with E-state index in [1.165, 1.54) is 5.56 Å². The Labute approximate surface area is 107 Å². The zero-order valence-corrected chi connectivity index (χ0v) is 10.7. The summed E-state index contributed by atoms with van der Waals surface area (Å²) in [5.74, 6) is -0.0584. The maximum Gasteiger partial charge on any atom is 0.243 e. The van der Waals surface area contributed by atoms with Crippen LogP contribution >= 0.6 is 0 Å². The number of rotatable bonds is 4. The number of benzene rings is 1. The fourth-order valence-electron chi connectivity index (χ4n) is 1.68. The van der Waals surface area contributed by atoms with Crippen LogP contribution in [0.15, 0.2) is 18.2 Å². The van der Waals surface area contributed by atoms with Crippen LogP contribution in [0.1, 0.15) is 24.0 Å². The van der Waals surface area contributed by atoms with Gasteiger partial charge in [-0.15, -0.1) is 0 Å². The molecule has 1 aliphatic carbocycles. The van der Waals surface area contributed by atoms with Crippen LogP contribution in [-0.4, -0.2) is 18.4 Å². The molecule has 0 unspecified atom stereocenters. The first-order valence-corrected chi connectivity index (χ1v) is 6.21. The van der Waals surface area contributed by atoms with E-state index in [9.17, 15) is 9.59 Å². The molecule has 0 radical (unpaired) electrons. The molecule has 0 bridgehead atoms. The minimum atomic E-state index is -0.188. The van der Waals surface area contributed by atoms with Gasteiger partial charge in [0.1, 0.15) is 0 Å². The summed E-state index contributed by atoms with van der Waals surface area (Å²) < 4.78 is 0. The Hall–Kier alpha value is -1.84. The Bertz CT molecular complexity index is 479. The zero-order valence-electron chi connectivity index (χ0n) is 10.7. The van der Waals surface area contributed by atoms with Crippen LogP contribution in [-0.2, 0) is 9.59 Å². The molecule has 2 rings (SSSR count). The zero-order chi connectivity index (χ0) is 13.1. The van der Waals surface area contributed by atoms with Crippen LogP contribution in [0.5, 0.6) is 0 Å². The lowest BCUT2D eigenvalue weighted by Gasteiger charge is -2.08. The predicted molar refractivity (Wildman–Crippen MR) is 70.3 cm³/mol. The van der Waals surface area contributed by atoms with Gasteiger partial charge in [-0.1, -0.05) is 6.07 Å². The third-order valence-electron chi connectivity index (χ3n) is 3.16. The molecule has 2 N–H and O–H groups in total. The number of amides is 2. The number of hydrogen-bond acceptors (Lipinski definition) is 2. The van der Waals surface area contributed by atoms with Crippen molar-refractivity contribution in [2.45, 2.75) is 26.7 Å². The summed E-state index contributed by atoms with van der Waals surface area (Å²) in [7, 11) is 0. The minimum absolute atomic E-state index is 0.00904. The van der Waals surface area contributed by atoms with E-state index in [1.807, 2.05) is 32.0 Å². The van der Waals surface area contributed by atoms with Gasteiger partial charge in [-0.25, -0.2) is 0 Å². The van der Waals surface area contributed by atoms with Crippen molar-refractivity contribution in [2.75, 3.05) is 11.9 Å². The largest absolute Gasteiger partial charge is 0.347 e. The van der Waals surface area contributed by atoms with Crippen molar-refractivity contribution in [3.8, 4) is 0 Å². The van der Waals surface area contributed by atoms with E-state index in [2.05, 4.69) is 10.6 Å². The van der Waals surface area contributed by atoms with E-state index in [0.29, 0.717) is 0 Å². The van der Waals surface area contributed by atoms with Crippen LogP contribution in [0.3, 0.4) is 0 Å². The van der Waals surface area contributed by atoms with Crippen LogP contribution in [0.2, 0.25) is 0 Å². The van der Waals surface area contributed by atoms with Crippen molar-refractivity contribution < 1.29 is 9.59 Å². The molecule has 1 aromatic rings. The third kappa shape index (κ3) is 3.32. The quantitative estimate of drug-likeness (QED) is 0.850. The fraction of sp³-hybridized carbons (Fsp3) is 0.429. The lowest BCUT2D eigenvalue weighted by atomic mass is 10.1. The highest BCUT2D eigenvalue weighted by Crippen LogP contribution is 2.28. The van der Waals surface area contributed by atoms with Crippen molar-refractivity contribution in [3.63, 3.8) is 0 Å². The van der Waals surface area contributed by atoms with Crippen LogP contribution in [0.4, 0.5) is 5.69 Å². The number of carbonyl (C=O) groups excluding carboxylic acids is 2. The summed E-state index contributed by atoms with van der Waals surface area (Å²) in [5, 5.41) is 5.41. The van der Waals surface area contributed by atoms with Gasteiger partial charge in [0.2, 0.25) is 11.8 Å². The second kappa shape index (κ2) is 5.21. The first kappa shape index (κ1) is 12.6. The molecule has 1 aliphatic rings. The van der Waals surface area contributed by atoms with Crippen LogP contribution in [0.25, 0.3) is 0 Å². The number of aryl methyl sites for hydroxylation is 2. The molecule has 1 fully saturated rings. The number of anilines is 1. The van der Waals surface area contributed by atoms with Gasteiger partial charge in [0, 0.05) is 11.6 Å². The Morgan fingerprint density at radius 1 is 1.22 bits per heavy atom. The van der Waals surface area contributed by atoms with E-state index in [1.54, 1.807) is 0 Å². The molecule has 96 valence electrons. The monoisotopic (exact) mass is 246 g/mol. The van der Waals surface area contributed by atoms with E-state index >= 15 is 0 Å². The average Bonchev–Trinajstić information content (AvgIpc) is 3.15. The molecule has 0 aliphatic heterocycles. The van der Waals surface area contributed by atoms with Gasteiger partial charge >= 0.3 is 0 Å². The summed E-state index contributed by atoms with van der Waals surface area (Å²) in [4.78, 5) is 23.0. The highest BCUT2D eigenvalue weighted by atomic mass is 16.2. The van der Waals surface area contributed by atoms with Gasteiger partial charge in [-0.2, -0.15) is 0 Å². The SMILES string of the molecule is Cc1ccc(NC(=O)CNC(=O)C2CC2)cc1C. The molecule has 2 amide bonds. The van der Waals surface area contributed by atoms with Crippen molar-refractivity contribution in [1.29, 1.82) is 0 Å². The van der Waals surface area contributed by atoms with Crippen molar-refractivity contribution in [3.05, 3.63) is 29.3 Å². The molecule has 18 heavy (non-hydrogen) atoms. The molecular weight excluding hydrogens is 228 g/mol. The van der Waals surface area contributed by atoms with Crippen molar-refractivity contribution in [1.82, 2.24) is 5.32 Å². The molecular formula is C14H18N2O2. The first-order chi connectivity index (χ1) is 8.56. The van der Waals surface area contributed by atoms with E-state index in [-0.39, 0.29) is 24.3 Å². The number of nitrogens with one attached hydrogen (secondary N) is 2. The van der Waals surface area contributed by atoms with E-state index < -0.39 is 0 Å². The van der Waals surface area contributed by atoms with Crippen LogP contribution < -0.4 is 10.6 Å². The number of hydrogen-bond donors (Lipinski definition) is 2. The summed E-state index contributed by atoms with van der Waals surface area (Å²) in [6, 6.07) is 5.76. The molecule has 0 spiro atoms. The minimum Gasteiger partial charge on any atom is -0.347 e. The standard InChI is InChI=1S/C14H18N2O2/c1-9-3-6-12(7-10(9)2)16-13(17)8-15-14(18)11-4-5-11/h3,6-7,11H,4-5,8H2,1-2H3,(H,15,18)(H,16,17). The molecule has 1 saturated carbocycles. The lowest BCUT2D eigenvalue weighted by molar-refractivity contribution is -0.125. The van der Waals surface area contributed by atoms with Crippen LogP contribution in [0, 0.1) is 19.8 Å². The van der Waals surface area contributed by atoms with Gasteiger partial charge in [-0.3, -0.25) is 9.59 Å². The fourth-order valence-corrected chi connectivity index (χ4v) is 1.68. The molecule has 0 heterocycles. The highest BCUT2D eigenvalue weighted by molar-refractivity contribution is 5.95. The first-order valence-electron chi connectivity index (χ1n) is 6.21. The maximum absolute atomic E-state index is 11.6. The maximum atomic E-state index is 11.6. The summed E-state index contributed by atoms with van der Waals surface area (Å²) in [5.41, 5.74) is 3.09. The summed E-state index contributed by atoms with van der Waals surface area (Å²) in [6.07, 6.45) is 1.90. The second-order valence-corrected chi connectivity index (χ2v) is 4.84. The predicted octanol–water partition coefficient (Wildman–Crippen LogP) is 1.77. The summed E-state index contributed by atoms with van der Waals surface area (Å²) in [6.45, 7) is 4.07. The number of carbonyl (C=O) groups is 2. The van der Waals surface area contributed by atoms with Gasteiger partial charge in [0.15, 0.2) is 0 Å². The molecule has 0 saturated heterocycles. The molecule has 1 aromatic carbocycles. The van der Waals surface area contributed by atoms with E-state index in [0.717, 1.165) is 24.1 Å². The van der Waals surface area contributed by atoms with Gasteiger partial charge in [-0.05, 0) is 49.9 Å². The Balaban J connectivity index is 1.82. The van der Waals surface area contributed by atoms with Crippen molar-refractivity contribution >= 4 is 17.5 Å². The van der Waals surface area contributed by atoms with Gasteiger partial charge < -0.3 is 10.6 Å². The second-order valence-electron chi connectivity index (χ2n) is 4.84. The molecule has 0 aromatic heterocycles. The highest BCUT2D eigenvalue weighted by Gasteiger charge is 2.29. The lowest BCUT2D eigenvalue weighted by Crippen LogP contribution is -2.33. The Kier molecular flexibility index (Phi) is 3.65. The molecule has 4 nitrogen and oxygen atoms in total. The normalized spacial score (nSPS) is 14.1. The van der Waals surface area contributed by atoms with Crippen molar-refractivity contribution in [2.24, 2.45) is 5.92 Å². The smallest absolute Gasteiger partial charge is 0.243 e. The summed E-state index contributed by atoms with van der Waals surface area (Å²) >= 11 is 0. The molecule has 0 atom stereocenters. The molecule has 4 heteroatoms. The average molecular weight is 246 g/mol. The topological polar surface area (TPSA) is 58.2 Å². The van der Waals surface area contributed by atoms with Gasteiger partial charge in [0.25, 0.3) is 0 Å². The third-order valence-corrected chi connectivity index (χ3v) is 3.16. The van der Waals surface area contributed by atoms with Gasteiger partial charge in [0.05, 0.1) is 6.54 Å². The Morgan fingerprint density at radius 3 is 2.56 bits per heavy atom. The Morgan fingerprint density at radius 2 is 1.94 bits per heavy atom. The van der Waals surface area contributed by atoms with E-state index in [4.69, 9.17) is 0 Å².